The molecule has 2 aromatic rings. The minimum Gasteiger partial charge on any atom is -0.358 e. The van der Waals surface area contributed by atoms with Crippen molar-refractivity contribution >= 4 is 29.0 Å². The summed E-state index contributed by atoms with van der Waals surface area (Å²) in [5, 5.41) is 3.69. The minimum atomic E-state index is -0.404. The second kappa shape index (κ2) is 9.65. The quantitative estimate of drug-likeness (QED) is 0.406. The van der Waals surface area contributed by atoms with Crippen LogP contribution in [0.2, 0.25) is 0 Å². The van der Waals surface area contributed by atoms with Crippen LogP contribution in [0.25, 0.3) is 0 Å². The lowest BCUT2D eigenvalue weighted by Crippen LogP contribution is -2.52. The van der Waals surface area contributed by atoms with E-state index in [0.29, 0.717) is 39.7 Å². The van der Waals surface area contributed by atoms with Crippen LogP contribution in [0.4, 0.5) is 0 Å². The Balaban J connectivity index is 1.63. The van der Waals surface area contributed by atoms with Gasteiger partial charge in [-0.05, 0) is 36.5 Å². The molecule has 0 bridgehead atoms. The maximum atomic E-state index is 12.8. The molecule has 152 valence electrons. The lowest BCUT2D eigenvalue weighted by Gasteiger charge is -2.35. The Hall–Kier alpha value is -2.73. The van der Waals surface area contributed by atoms with Gasteiger partial charge in [0.05, 0.1) is 5.56 Å². The average Bonchev–Trinajstić information content (AvgIpc) is 2.75. The van der Waals surface area contributed by atoms with E-state index < -0.39 is 5.91 Å². The molecule has 3 rings (SSSR count). The zero-order chi connectivity index (χ0) is 20.8. The van der Waals surface area contributed by atoms with Gasteiger partial charge in [0.2, 0.25) is 0 Å². The van der Waals surface area contributed by atoms with Crippen LogP contribution in [0.1, 0.15) is 59.4 Å². The van der Waals surface area contributed by atoms with Crippen molar-refractivity contribution in [3.63, 3.8) is 0 Å². The van der Waals surface area contributed by atoms with Crippen LogP contribution in [0.3, 0.4) is 0 Å². The molecule has 0 saturated heterocycles. The van der Waals surface area contributed by atoms with E-state index in [1.54, 1.807) is 48.5 Å². The Kier molecular flexibility index (Phi) is 6.99. The zero-order valence-electron chi connectivity index (χ0n) is 16.8. The predicted molar refractivity (Wildman–Crippen MR) is 119 cm³/mol. The van der Waals surface area contributed by atoms with E-state index >= 15 is 0 Å². The number of hydrogen-bond acceptors (Lipinski definition) is 3. The number of nitrogens with one attached hydrogen (secondary N) is 3. The van der Waals surface area contributed by atoms with E-state index in [0.717, 1.165) is 6.42 Å². The third-order valence-electron chi connectivity index (χ3n) is 5.77. The van der Waals surface area contributed by atoms with Gasteiger partial charge in [-0.3, -0.25) is 20.4 Å². The second-order valence-electron chi connectivity index (χ2n) is 7.67. The highest BCUT2D eigenvalue weighted by Crippen LogP contribution is 2.29. The largest absolute Gasteiger partial charge is 0.358 e. The van der Waals surface area contributed by atoms with Crippen molar-refractivity contribution < 1.29 is 9.59 Å². The lowest BCUT2D eigenvalue weighted by atomic mass is 9.78. The number of carbonyl (C=O) groups excluding carboxylic acids is 2. The average molecular weight is 410 g/mol. The maximum Gasteiger partial charge on any atom is 0.270 e. The SMILES string of the molecule is C[C@@H]1[C@H](C)CCC[C@H]1NC(=S)NNC(=O)c1ccccc1C(=O)c1ccccc1. The van der Waals surface area contributed by atoms with Crippen molar-refractivity contribution in [3.05, 3.63) is 71.3 Å². The second-order valence-corrected chi connectivity index (χ2v) is 8.08. The van der Waals surface area contributed by atoms with Gasteiger partial charge in [-0.2, -0.15) is 0 Å². The van der Waals surface area contributed by atoms with Crippen molar-refractivity contribution in [1.82, 2.24) is 16.2 Å². The van der Waals surface area contributed by atoms with Gasteiger partial charge in [0, 0.05) is 17.2 Å². The number of rotatable bonds is 4. The Morgan fingerprint density at radius 1 is 0.897 bits per heavy atom. The molecule has 0 radical (unpaired) electrons. The number of ketones is 1. The monoisotopic (exact) mass is 409 g/mol. The highest BCUT2D eigenvalue weighted by Gasteiger charge is 2.27. The maximum absolute atomic E-state index is 12.8. The molecule has 1 amide bonds. The summed E-state index contributed by atoms with van der Waals surface area (Å²) in [6.45, 7) is 4.49. The molecular weight excluding hydrogens is 382 g/mol. The summed E-state index contributed by atoms with van der Waals surface area (Å²) in [5.74, 6) is 0.569. The van der Waals surface area contributed by atoms with E-state index in [4.69, 9.17) is 12.2 Å². The fraction of sp³-hybridized carbons (Fsp3) is 0.348. The molecule has 29 heavy (non-hydrogen) atoms. The number of carbonyl (C=O) groups is 2. The van der Waals surface area contributed by atoms with Crippen LogP contribution in [-0.2, 0) is 0 Å². The highest BCUT2D eigenvalue weighted by atomic mass is 32.1. The van der Waals surface area contributed by atoms with E-state index in [2.05, 4.69) is 30.0 Å². The van der Waals surface area contributed by atoms with Crippen LogP contribution in [-0.4, -0.2) is 22.8 Å². The molecule has 0 aliphatic heterocycles. The Bertz CT molecular complexity index is 885. The van der Waals surface area contributed by atoms with Crippen molar-refractivity contribution in [2.24, 2.45) is 11.8 Å². The summed E-state index contributed by atoms with van der Waals surface area (Å²) in [5.41, 5.74) is 6.59. The molecule has 2 aromatic carbocycles. The number of hydrazine groups is 1. The molecule has 5 nitrogen and oxygen atoms in total. The zero-order valence-corrected chi connectivity index (χ0v) is 17.6. The van der Waals surface area contributed by atoms with E-state index in [1.165, 1.54) is 12.8 Å². The van der Waals surface area contributed by atoms with Crippen LogP contribution in [0.5, 0.6) is 0 Å². The summed E-state index contributed by atoms with van der Waals surface area (Å²) in [4.78, 5) is 25.5. The molecule has 1 aliphatic rings. The van der Waals surface area contributed by atoms with Gasteiger partial charge in [-0.1, -0.05) is 75.2 Å². The van der Waals surface area contributed by atoms with E-state index in [-0.39, 0.29) is 5.78 Å². The van der Waals surface area contributed by atoms with Gasteiger partial charge < -0.3 is 5.32 Å². The summed E-state index contributed by atoms with van der Waals surface area (Å²) in [6.07, 6.45) is 3.48. The van der Waals surface area contributed by atoms with Crippen LogP contribution < -0.4 is 16.2 Å². The molecule has 1 saturated carbocycles. The molecule has 0 aromatic heterocycles. The predicted octanol–water partition coefficient (Wildman–Crippen LogP) is 3.85. The summed E-state index contributed by atoms with van der Waals surface area (Å²) in [6, 6.07) is 16.0. The number of hydrogen-bond donors (Lipinski definition) is 3. The Morgan fingerprint density at radius 2 is 1.55 bits per heavy atom. The first-order chi connectivity index (χ1) is 14.0. The third kappa shape index (κ3) is 5.21. The summed E-state index contributed by atoms with van der Waals surface area (Å²) < 4.78 is 0. The molecule has 1 aliphatic carbocycles. The first-order valence-corrected chi connectivity index (χ1v) is 10.4. The van der Waals surface area contributed by atoms with Crippen LogP contribution in [0, 0.1) is 11.8 Å². The van der Waals surface area contributed by atoms with Gasteiger partial charge in [0.1, 0.15) is 0 Å². The van der Waals surface area contributed by atoms with Gasteiger partial charge in [0.15, 0.2) is 10.9 Å². The first kappa shape index (κ1) is 21.0. The highest BCUT2D eigenvalue weighted by molar-refractivity contribution is 7.80. The van der Waals surface area contributed by atoms with E-state index in [9.17, 15) is 9.59 Å². The van der Waals surface area contributed by atoms with Crippen LogP contribution in [0.15, 0.2) is 54.6 Å². The van der Waals surface area contributed by atoms with Gasteiger partial charge >= 0.3 is 0 Å². The number of thiocarbonyl (C=S) groups is 1. The molecule has 3 atom stereocenters. The van der Waals surface area contributed by atoms with Crippen molar-refractivity contribution in [1.29, 1.82) is 0 Å². The smallest absolute Gasteiger partial charge is 0.270 e. The van der Waals surface area contributed by atoms with Crippen molar-refractivity contribution in [2.75, 3.05) is 0 Å². The molecule has 0 unspecified atom stereocenters. The summed E-state index contributed by atoms with van der Waals surface area (Å²) in [7, 11) is 0. The van der Waals surface area contributed by atoms with Crippen LogP contribution >= 0.6 is 12.2 Å². The normalized spacial score (nSPS) is 21.1. The summed E-state index contributed by atoms with van der Waals surface area (Å²) >= 11 is 5.35. The van der Waals surface area contributed by atoms with Crippen molar-refractivity contribution in [3.8, 4) is 0 Å². The third-order valence-corrected chi connectivity index (χ3v) is 5.99. The number of amides is 1. The van der Waals surface area contributed by atoms with E-state index in [1.807, 2.05) is 6.07 Å². The molecule has 3 N–H and O–H groups in total. The molecule has 0 heterocycles. The van der Waals surface area contributed by atoms with Crippen molar-refractivity contribution in [2.45, 2.75) is 39.2 Å². The first-order valence-electron chi connectivity index (χ1n) is 10.0. The number of benzene rings is 2. The van der Waals surface area contributed by atoms with Gasteiger partial charge in [-0.15, -0.1) is 0 Å². The standard InChI is InChI=1S/C23H27N3O2S/c1-15-9-8-14-20(16(15)2)24-23(29)26-25-22(28)19-13-7-6-12-18(19)21(27)17-10-4-3-5-11-17/h3-7,10-13,15-16,20H,8-9,14H2,1-2H3,(H,25,28)(H2,24,26,29)/t15-,16-,20-/m1/s1. The Labute approximate surface area is 177 Å². The molecule has 1 fully saturated rings. The lowest BCUT2D eigenvalue weighted by molar-refractivity contribution is 0.0932. The molecule has 0 spiro atoms. The minimum absolute atomic E-state index is 0.193. The molecular formula is C23H27N3O2S. The van der Waals surface area contributed by atoms with Gasteiger partial charge in [0.25, 0.3) is 5.91 Å². The fourth-order valence-corrected chi connectivity index (χ4v) is 4.00. The Morgan fingerprint density at radius 3 is 2.28 bits per heavy atom. The van der Waals surface area contributed by atoms with Gasteiger partial charge in [-0.25, -0.2) is 0 Å². The fourth-order valence-electron chi connectivity index (χ4n) is 3.80. The topological polar surface area (TPSA) is 70.2 Å². The molecule has 6 heteroatoms.